The molecule has 0 saturated carbocycles. The van der Waals surface area contributed by atoms with E-state index in [-0.39, 0.29) is 5.03 Å². The van der Waals surface area contributed by atoms with Crippen molar-refractivity contribution in [3.8, 4) is 0 Å². The number of aryl methyl sites for hydroxylation is 1. The van der Waals surface area contributed by atoms with Crippen LogP contribution in [0.1, 0.15) is 19.3 Å². The average Bonchev–Trinajstić information content (AvgIpc) is 3.16. The minimum atomic E-state index is -3.54. The second kappa shape index (κ2) is 7.43. The standard InChI is InChI=1S/C17H25N7O2S/c1-21-12-17(20-14-21)27(25,26)24-9-7-23(8-10-24)16-11-15(18-13-19-16)22-5-3-2-4-6-22/h11-14H,2-10H2,1H3. The van der Waals surface area contributed by atoms with Crippen LogP contribution in [0, 0.1) is 0 Å². The number of anilines is 2. The molecule has 4 rings (SSSR count). The number of hydrogen-bond acceptors (Lipinski definition) is 7. The molecule has 0 atom stereocenters. The van der Waals surface area contributed by atoms with Crippen molar-refractivity contribution in [3.63, 3.8) is 0 Å². The molecule has 9 nitrogen and oxygen atoms in total. The number of hydrogen-bond donors (Lipinski definition) is 0. The molecule has 27 heavy (non-hydrogen) atoms. The normalized spacial score (nSPS) is 19.4. The van der Waals surface area contributed by atoms with Gasteiger partial charge in [0.05, 0.1) is 6.33 Å². The van der Waals surface area contributed by atoms with E-state index in [9.17, 15) is 8.42 Å². The van der Waals surface area contributed by atoms with Crippen LogP contribution in [0.3, 0.4) is 0 Å². The van der Waals surface area contributed by atoms with Gasteiger partial charge in [-0.1, -0.05) is 0 Å². The lowest BCUT2D eigenvalue weighted by atomic mass is 10.1. The van der Waals surface area contributed by atoms with E-state index in [2.05, 4.69) is 24.8 Å². The summed E-state index contributed by atoms with van der Waals surface area (Å²) in [5.74, 6) is 1.82. The maximum Gasteiger partial charge on any atom is 0.262 e. The number of nitrogens with zero attached hydrogens (tertiary/aromatic N) is 7. The van der Waals surface area contributed by atoms with Crippen LogP contribution in [0.15, 0.2) is 29.9 Å². The molecule has 0 N–H and O–H groups in total. The van der Waals surface area contributed by atoms with Crippen molar-refractivity contribution in [1.29, 1.82) is 0 Å². The first-order chi connectivity index (χ1) is 13.0. The lowest BCUT2D eigenvalue weighted by Gasteiger charge is -2.35. The fourth-order valence-corrected chi connectivity index (χ4v) is 5.01. The van der Waals surface area contributed by atoms with Gasteiger partial charge in [-0.05, 0) is 19.3 Å². The van der Waals surface area contributed by atoms with Crippen molar-refractivity contribution in [3.05, 3.63) is 24.9 Å². The fraction of sp³-hybridized carbons (Fsp3) is 0.588. The molecule has 4 heterocycles. The fourth-order valence-electron chi connectivity index (χ4n) is 3.62. The molecule has 10 heteroatoms. The molecular formula is C17H25N7O2S. The predicted octanol–water partition coefficient (Wildman–Crippen LogP) is 0.711. The number of piperazine rings is 1. The number of imidazole rings is 1. The molecule has 2 aromatic heterocycles. The van der Waals surface area contributed by atoms with Crippen molar-refractivity contribution in [2.75, 3.05) is 49.1 Å². The molecule has 0 amide bonds. The Hall–Kier alpha value is -2.20. The highest BCUT2D eigenvalue weighted by molar-refractivity contribution is 7.89. The molecule has 146 valence electrons. The molecule has 0 aliphatic carbocycles. The van der Waals surface area contributed by atoms with Crippen molar-refractivity contribution in [2.24, 2.45) is 7.05 Å². The van der Waals surface area contributed by atoms with Gasteiger partial charge in [-0.15, -0.1) is 0 Å². The van der Waals surface area contributed by atoms with Crippen LogP contribution in [0.5, 0.6) is 0 Å². The maximum absolute atomic E-state index is 12.7. The summed E-state index contributed by atoms with van der Waals surface area (Å²) in [5.41, 5.74) is 0. The van der Waals surface area contributed by atoms with Gasteiger partial charge in [0.25, 0.3) is 10.0 Å². The highest BCUT2D eigenvalue weighted by Crippen LogP contribution is 2.23. The Morgan fingerprint density at radius 1 is 0.852 bits per heavy atom. The summed E-state index contributed by atoms with van der Waals surface area (Å²) in [6.45, 7) is 4.11. The summed E-state index contributed by atoms with van der Waals surface area (Å²) in [4.78, 5) is 17.3. The second-order valence-corrected chi connectivity index (χ2v) is 8.94. The van der Waals surface area contributed by atoms with Gasteiger partial charge >= 0.3 is 0 Å². The van der Waals surface area contributed by atoms with Crippen molar-refractivity contribution in [2.45, 2.75) is 24.3 Å². The predicted molar refractivity (Wildman–Crippen MR) is 102 cm³/mol. The zero-order valence-electron chi connectivity index (χ0n) is 15.5. The van der Waals surface area contributed by atoms with Crippen molar-refractivity contribution < 1.29 is 8.42 Å². The van der Waals surface area contributed by atoms with Gasteiger partial charge in [0.15, 0.2) is 5.03 Å². The molecule has 0 aromatic carbocycles. The SMILES string of the molecule is Cn1cnc(S(=O)(=O)N2CCN(c3cc(N4CCCCC4)ncn3)CC2)c1. The summed E-state index contributed by atoms with van der Waals surface area (Å²) < 4.78 is 28.6. The minimum absolute atomic E-state index is 0.105. The minimum Gasteiger partial charge on any atom is -0.356 e. The van der Waals surface area contributed by atoms with Crippen LogP contribution in [0.25, 0.3) is 0 Å². The third-order valence-corrected chi connectivity index (χ3v) is 6.95. The molecule has 2 aliphatic rings. The Kier molecular flexibility index (Phi) is 5.00. The molecule has 2 aromatic rings. The molecule has 2 aliphatic heterocycles. The molecule has 0 bridgehead atoms. The van der Waals surface area contributed by atoms with Crippen molar-refractivity contribution in [1.82, 2.24) is 23.8 Å². The van der Waals surface area contributed by atoms with Crippen LogP contribution in [0.4, 0.5) is 11.6 Å². The zero-order chi connectivity index (χ0) is 18.9. The van der Waals surface area contributed by atoms with E-state index >= 15 is 0 Å². The second-order valence-electron chi connectivity index (χ2n) is 7.05. The molecule has 0 unspecified atom stereocenters. The first-order valence-corrected chi connectivity index (χ1v) is 10.8. The Bertz CT molecular complexity index is 884. The largest absolute Gasteiger partial charge is 0.356 e. The average molecular weight is 392 g/mol. The van der Waals surface area contributed by atoms with Crippen LogP contribution in [-0.2, 0) is 17.1 Å². The Balaban J connectivity index is 1.43. The van der Waals surface area contributed by atoms with Gasteiger partial charge in [-0.25, -0.2) is 23.4 Å². The molecule has 2 saturated heterocycles. The first-order valence-electron chi connectivity index (χ1n) is 9.34. The first kappa shape index (κ1) is 18.2. The summed E-state index contributed by atoms with van der Waals surface area (Å²) in [6, 6.07) is 2.02. The lowest BCUT2D eigenvalue weighted by Crippen LogP contribution is -2.49. The molecule has 2 fully saturated rings. The van der Waals surface area contributed by atoms with E-state index in [0.29, 0.717) is 26.2 Å². The van der Waals surface area contributed by atoms with Crippen LogP contribution >= 0.6 is 0 Å². The van der Waals surface area contributed by atoms with Gasteiger partial charge in [0, 0.05) is 58.6 Å². The Morgan fingerprint density at radius 3 is 2.07 bits per heavy atom. The van der Waals surface area contributed by atoms with E-state index in [1.54, 1.807) is 17.9 Å². The van der Waals surface area contributed by atoms with Crippen molar-refractivity contribution >= 4 is 21.7 Å². The number of sulfonamides is 1. The monoisotopic (exact) mass is 391 g/mol. The van der Waals surface area contributed by atoms with E-state index in [1.165, 1.54) is 36.1 Å². The summed E-state index contributed by atoms with van der Waals surface area (Å²) in [5, 5.41) is 0.105. The van der Waals surface area contributed by atoms with E-state index < -0.39 is 10.0 Å². The van der Waals surface area contributed by atoms with E-state index in [1.807, 2.05) is 6.07 Å². The highest BCUT2D eigenvalue weighted by atomic mass is 32.2. The van der Waals surface area contributed by atoms with E-state index in [4.69, 9.17) is 0 Å². The number of rotatable bonds is 4. The number of aromatic nitrogens is 4. The van der Waals surface area contributed by atoms with E-state index in [0.717, 1.165) is 24.7 Å². The molecular weight excluding hydrogens is 366 g/mol. The van der Waals surface area contributed by atoms with Gasteiger partial charge in [0.1, 0.15) is 18.0 Å². The third kappa shape index (κ3) is 3.77. The third-order valence-electron chi connectivity index (χ3n) is 5.17. The lowest BCUT2D eigenvalue weighted by molar-refractivity contribution is 0.382. The maximum atomic E-state index is 12.7. The molecule has 0 spiro atoms. The van der Waals surface area contributed by atoms with Crippen LogP contribution < -0.4 is 9.80 Å². The van der Waals surface area contributed by atoms with Crippen LogP contribution in [0.2, 0.25) is 0 Å². The topological polar surface area (TPSA) is 87.5 Å². The van der Waals surface area contributed by atoms with Gasteiger partial charge in [0.2, 0.25) is 0 Å². The quantitative estimate of drug-likeness (QED) is 0.758. The Morgan fingerprint density at radius 2 is 1.48 bits per heavy atom. The van der Waals surface area contributed by atoms with Gasteiger partial charge in [-0.2, -0.15) is 4.31 Å². The summed E-state index contributed by atoms with van der Waals surface area (Å²) in [7, 11) is -1.78. The van der Waals surface area contributed by atoms with Gasteiger partial charge in [-0.3, -0.25) is 0 Å². The van der Waals surface area contributed by atoms with Gasteiger partial charge < -0.3 is 14.4 Å². The summed E-state index contributed by atoms with van der Waals surface area (Å²) in [6.07, 6.45) is 8.33. The summed E-state index contributed by atoms with van der Waals surface area (Å²) >= 11 is 0. The smallest absolute Gasteiger partial charge is 0.262 e. The van der Waals surface area contributed by atoms with Crippen LogP contribution in [-0.4, -0.2) is 71.5 Å². The molecule has 0 radical (unpaired) electrons. The Labute approximate surface area is 159 Å². The highest BCUT2D eigenvalue weighted by Gasteiger charge is 2.30. The zero-order valence-corrected chi connectivity index (χ0v) is 16.3. The number of piperidine rings is 1.